The molecule has 4 nitrogen and oxygen atoms in total. The van der Waals surface area contributed by atoms with E-state index in [1.54, 1.807) is 11.0 Å². The molecule has 106 valence electrons. The second-order valence-electron chi connectivity index (χ2n) is 4.68. The molecule has 4 heteroatoms. The highest BCUT2D eigenvalue weighted by Gasteiger charge is 2.19. The van der Waals surface area contributed by atoms with Gasteiger partial charge in [-0.2, -0.15) is 0 Å². The van der Waals surface area contributed by atoms with E-state index in [0.717, 1.165) is 12.0 Å². The van der Waals surface area contributed by atoms with Crippen LogP contribution in [0.1, 0.15) is 21.7 Å². The van der Waals surface area contributed by atoms with Crippen LogP contribution in [-0.4, -0.2) is 35.6 Å². The van der Waals surface area contributed by atoms with Gasteiger partial charge in [0.05, 0.1) is 12.9 Å². The summed E-state index contributed by atoms with van der Waals surface area (Å²) >= 11 is 0. The first-order valence-electron chi connectivity index (χ1n) is 6.70. The standard InChI is InChI=1S/C16H19NO3/c1-13-8-12-20-15(13)16(19)17(10-11-18)9-7-14-5-3-2-4-6-14/h2-6,8,12,18H,7,9-11H2,1H3. The van der Waals surface area contributed by atoms with E-state index in [0.29, 0.717) is 18.8 Å². The maximum absolute atomic E-state index is 12.4. The Balaban J connectivity index is 2.03. The lowest BCUT2D eigenvalue weighted by Gasteiger charge is -2.21. The number of aryl methyl sites for hydroxylation is 1. The summed E-state index contributed by atoms with van der Waals surface area (Å²) in [5.74, 6) is 0.184. The molecule has 1 aromatic carbocycles. The number of aliphatic hydroxyl groups excluding tert-OH is 1. The Morgan fingerprint density at radius 2 is 1.95 bits per heavy atom. The van der Waals surface area contributed by atoms with Crippen molar-refractivity contribution in [3.05, 3.63) is 59.5 Å². The van der Waals surface area contributed by atoms with E-state index in [-0.39, 0.29) is 12.5 Å². The van der Waals surface area contributed by atoms with Gasteiger partial charge in [0.1, 0.15) is 0 Å². The van der Waals surface area contributed by atoms with Gasteiger partial charge in [0, 0.05) is 18.7 Å². The van der Waals surface area contributed by atoms with Crippen LogP contribution in [0.2, 0.25) is 0 Å². The topological polar surface area (TPSA) is 53.7 Å². The van der Waals surface area contributed by atoms with Gasteiger partial charge in [-0.05, 0) is 25.0 Å². The van der Waals surface area contributed by atoms with Crippen molar-refractivity contribution < 1.29 is 14.3 Å². The summed E-state index contributed by atoms with van der Waals surface area (Å²) in [5, 5.41) is 9.13. The number of hydrogen-bond donors (Lipinski definition) is 1. The van der Waals surface area contributed by atoms with Crippen molar-refractivity contribution in [2.45, 2.75) is 13.3 Å². The van der Waals surface area contributed by atoms with Crippen LogP contribution in [0.3, 0.4) is 0 Å². The number of benzene rings is 1. The first kappa shape index (κ1) is 14.3. The zero-order valence-electron chi connectivity index (χ0n) is 11.6. The maximum atomic E-state index is 12.4. The highest BCUT2D eigenvalue weighted by atomic mass is 16.3. The van der Waals surface area contributed by atoms with Crippen LogP contribution in [0.5, 0.6) is 0 Å². The second kappa shape index (κ2) is 6.91. The smallest absolute Gasteiger partial charge is 0.289 e. The minimum atomic E-state index is -0.169. The quantitative estimate of drug-likeness (QED) is 0.878. The molecule has 1 heterocycles. The molecular formula is C16H19NO3. The summed E-state index contributed by atoms with van der Waals surface area (Å²) in [6.45, 7) is 2.65. The van der Waals surface area contributed by atoms with E-state index in [1.807, 2.05) is 37.3 Å². The van der Waals surface area contributed by atoms with Gasteiger partial charge in [-0.1, -0.05) is 30.3 Å². The van der Waals surface area contributed by atoms with Crippen molar-refractivity contribution in [1.29, 1.82) is 0 Å². The van der Waals surface area contributed by atoms with Crippen LogP contribution in [0, 0.1) is 6.92 Å². The molecule has 0 saturated carbocycles. The SMILES string of the molecule is Cc1ccoc1C(=O)N(CCO)CCc1ccccc1. The molecule has 0 aliphatic rings. The fraction of sp³-hybridized carbons (Fsp3) is 0.312. The van der Waals surface area contributed by atoms with Crippen molar-refractivity contribution in [3.8, 4) is 0 Å². The van der Waals surface area contributed by atoms with Crippen LogP contribution in [0.4, 0.5) is 0 Å². The molecule has 2 rings (SSSR count). The van der Waals surface area contributed by atoms with Gasteiger partial charge in [-0.15, -0.1) is 0 Å². The highest BCUT2D eigenvalue weighted by Crippen LogP contribution is 2.12. The minimum absolute atomic E-state index is 0.0553. The summed E-state index contributed by atoms with van der Waals surface area (Å²) in [6.07, 6.45) is 2.27. The lowest BCUT2D eigenvalue weighted by Crippen LogP contribution is -2.35. The zero-order chi connectivity index (χ0) is 14.4. The Morgan fingerprint density at radius 3 is 2.55 bits per heavy atom. The molecule has 1 aromatic heterocycles. The number of aliphatic hydroxyl groups is 1. The lowest BCUT2D eigenvalue weighted by molar-refractivity contribution is 0.0691. The number of carbonyl (C=O) groups is 1. The monoisotopic (exact) mass is 273 g/mol. The normalized spacial score (nSPS) is 10.5. The molecule has 0 aliphatic heterocycles. The van der Waals surface area contributed by atoms with Crippen LogP contribution in [0.15, 0.2) is 47.1 Å². The van der Waals surface area contributed by atoms with E-state index >= 15 is 0 Å². The molecule has 1 amide bonds. The Hall–Kier alpha value is -2.07. The summed E-state index contributed by atoms with van der Waals surface area (Å²) < 4.78 is 5.23. The molecule has 0 atom stereocenters. The fourth-order valence-electron chi connectivity index (χ4n) is 2.08. The molecule has 0 spiro atoms. The van der Waals surface area contributed by atoms with Gasteiger partial charge < -0.3 is 14.4 Å². The van der Waals surface area contributed by atoms with Gasteiger partial charge in [0.15, 0.2) is 5.76 Å². The van der Waals surface area contributed by atoms with E-state index in [2.05, 4.69) is 0 Å². The van der Waals surface area contributed by atoms with Crippen molar-refractivity contribution in [3.63, 3.8) is 0 Å². The summed E-state index contributed by atoms with van der Waals surface area (Å²) in [7, 11) is 0. The maximum Gasteiger partial charge on any atom is 0.289 e. The predicted molar refractivity (Wildman–Crippen MR) is 76.6 cm³/mol. The largest absolute Gasteiger partial charge is 0.459 e. The molecule has 1 N–H and O–H groups in total. The summed E-state index contributed by atoms with van der Waals surface area (Å²) in [4.78, 5) is 14.0. The zero-order valence-corrected chi connectivity index (χ0v) is 11.6. The lowest BCUT2D eigenvalue weighted by atomic mass is 10.1. The number of carbonyl (C=O) groups excluding carboxylic acids is 1. The molecule has 0 fully saturated rings. The van der Waals surface area contributed by atoms with Gasteiger partial charge in [-0.25, -0.2) is 0 Å². The van der Waals surface area contributed by atoms with Crippen molar-refractivity contribution in [2.24, 2.45) is 0 Å². The van der Waals surface area contributed by atoms with Crippen molar-refractivity contribution in [1.82, 2.24) is 4.90 Å². The van der Waals surface area contributed by atoms with E-state index in [1.165, 1.54) is 11.8 Å². The Kier molecular flexibility index (Phi) is 4.96. The Morgan fingerprint density at radius 1 is 1.20 bits per heavy atom. The van der Waals surface area contributed by atoms with Crippen molar-refractivity contribution >= 4 is 5.91 Å². The molecule has 0 unspecified atom stereocenters. The van der Waals surface area contributed by atoms with Gasteiger partial charge in [-0.3, -0.25) is 4.79 Å². The Labute approximate surface area is 118 Å². The number of furan rings is 1. The predicted octanol–water partition coefficient (Wildman–Crippen LogP) is 2.27. The van der Waals surface area contributed by atoms with Crippen LogP contribution in [0.25, 0.3) is 0 Å². The third-order valence-corrected chi connectivity index (χ3v) is 3.23. The first-order valence-corrected chi connectivity index (χ1v) is 6.70. The molecule has 0 aliphatic carbocycles. The van der Waals surface area contributed by atoms with Crippen molar-refractivity contribution in [2.75, 3.05) is 19.7 Å². The molecule has 2 aromatic rings. The molecular weight excluding hydrogens is 254 g/mol. The van der Waals surface area contributed by atoms with Gasteiger partial charge in [0.2, 0.25) is 0 Å². The average Bonchev–Trinajstić information content (AvgIpc) is 2.90. The van der Waals surface area contributed by atoms with E-state index < -0.39 is 0 Å². The first-order chi connectivity index (χ1) is 9.72. The number of hydrogen-bond acceptors (Lipinski definition) is 3. The van der Waals surface area contributed by atoms with Crippen LogP contribution >= 0.6 is 0 Å². The van der Waals surface area contributed by atoms with E-state index in [9.17, 15) is 4.79 Å². The number of amides is 1. The number of nitrogens with zero attached hydrogens (tertiary/aromatic N) is 1. The number of rotatable bonds is 6. The molecule has 0 bridgehead atoms. The molecule has 0 radical (unpaired) electrons. The molecule has 0 saturated heterocycles. The average molecular weight is 273 g/mol. The second-order valence-corrected chi connectivity index (χ2v) is 4.68. The highest BCUT2D eigenvalue weighted by molar-refractivity contribution is 5.92. The van der Waals surface area contributed by atoms with Gasteiger partial charge >= 0.3 is 0 Å². The van der Waals surface area contributed by atoms with Crippen LogP contribution in [-0.2, 0) is 6.42 Å². The summed E-state index contributed by atoms with van der Waals surface area (Å²) in [5.41, 5.74) is 1.98. The fourth-order valence-corrected chi connectivity index (χ4v) is 2.08. The summed E-state index contributed by atoms with van der Waals surface area (Å²) in [6, 6.07) is 11.7. The Bertz CT molecular complexity index is 548. The third-order valence-electron chi connectivity index (χ3n) is 3.23. The molecule has 20 heavy (non-hydrogen) atoms. The van der Waals surface area contributed by atoms with Gasteiger partial charge in [0.25, 0.3) is 5.91 Å². The minimum Gasteiger partial charge on any atom is -0.459 e. The third kappa shape index (κ3) is 3.48. The van der Waals surface area contributed by atoms with E-state index in [4.69, 9.17) is 9.52 Å². The van der Waals surface area contributed by atoms with Crippen LogP contribution < -0.4 is 0 Å².